The van der Waals surface area contributed by atoms with Gasteiger partial charge in [-0.05, 0) is 97.2 Å². The van der Waals surface area contributed by atoms with Gasteiger partial charge in [-0.2, -0.15) is 0 Å². The summed E-state index contributed by atoms with van der Waals surface area (Å²) in [6.45, 7) is 15.9. The van der Waals surface area contributed by atoms with Crippen LogP contribution in [0.1, 0.15) is 106 Å². The van der Waals surface area contributed by atoms with Crippen LogP contribution >= 0.6 is 0 Å². The van der Waals surface area contributed by atoms with Crippen LogP contribution in [0.4, 0.5) is 0 Å². The average Bonchev–Trinajstić information content (AvgIpc) is 3.63. The van der Waals surface area contributed by atoms with Crippen LogP contribution < -0.4 is 0 Å². The van der Waals surface area contributed by atoms with Gasteiger partial charge in [0.05, 0.1) is 6.10 Å². The molecule has 0 bridgehead atoms. The standard InChI is InChI=1S/C32H48O6/c1-17-13-32(24-29(7,37-24)25(34)38-32)36-19-14-27(5)21-10-9-20-26(3,4)11-8-12-30(20)16-31(21,30)15-22(35-18(2)33)28(27,6)23(17)19/h17,19-25,34H,8-16H2,1-7H3/t17-,19-,20?,21+,22-,23+,24?,25+,27+,28-,29?,30-,31?,32?/m1/s1. The quantitative estimate of drug-likeness (QED) is 0.353. The topological polar surface area (TPSA) is 77.5 Å². The molecule has 0 radical (unpaired) electrons. The van der Waals surface area contributed by atoms with Crippen LogP contribution in [-0.2, 0) is 23.7 Å². The van der Waals surface area contributed by atoms with E-state index in [4.69, 9.17) is 18.9 Å². The van der Waals surface area contributed by atoms with Gasteiger partial charge < -0.3 is 24.1 Å². The molecule has 0 amide bonds. The van der Waals surface area contributed by atoms with Crippen molar-refractivity contribution < 1.29 is 28.8 Å². The molecule has 38 heavy (non-hydrogen) atoms. The van der Waals surface area contributed by atoms with Gasteiger partial charge >= 0.3 is 5.97 Å². The second-order valence-corrected chi connectivity index (χ2v) is 16.5. The predicted octanol–water partition coefficient (Wildman–Crippen LogP) is 5.59. The van der Waals surface area contributed by atoms with E-state index in [0.29, 0.717) is 29.1 Å². The molecule has 8 rings (SSSR count). The molecule has 6 nitrogen and oxygen atoms in total. The Kier molecular flexibility index (Phi) is 4.51. The highest BCUT2D eigenvalue weighted by Crippen LogP contribution is 2.89. The van der Waals surface area contributed by atoms with Gasteiger partial charge in [0.15, 0.2) is 6.29 Å². The van der Waals surface area contributed by atoms with E-state index in [1.807, 2.05) is 6.92 Å². The number of hydrogen-bond acceptors (Lipinski definition) is 6. The first kappa shape index (κ1) is 25.1. The summed E-state index contributed by atoms with van der Waals surface area (Å²) in [5.41, 5.74) is 0.311. The molecular formula is C32H48O6. The number of esters is 1. The summed E-state index contributed by atoms with van der Waals surface area (Å²) in [5.74, 6) is 0.993. The number of carbonyl (C=O) groups excluding carboxylic acids is 1. The smallest absolute Gasteiger partial charge is 0.302 e. The number of aliphatic hydroxyl groups excluding tert-OH is 1. The zero-order chi connectivity index (χ0) is 26.9. The molecule has 1 N–H and O–H groups in total. The number of hydrogen-bond donors (Lipinski definition) is 1. The maximum Gasteiger partial charge on any atom is 0.302 e. The van der Waals surface area contributed by atoms with Gasteiger partial charge in [0.2, 0.25) is 5.79 Å². The molecule has 8 aliphatic rings. The number of rotatable bonds is 1. The van der Waals surface area contributed by atoms with Crippen molar-refractivity contribution in [3.63, 3.8) is 0 Å². The minimum absolute atomic E-state index is 0.0101. The molecule has 8 fully saturated rings. The zero-order valence-electron chi connectivity index (χ0n) is 24.5. The molecule has 0 aromatic rings. The highest BCUT2D eigenvalue weighted by Gasteiger charge is 2.86. The maximum absolute atomic E-state index is 12.7. The van der Waals surface area contributed by atoms with Gasteiger partial charge in [0.1, 0.15) is 17.8 Å². The second-order valence-electron chi connectivity index (χ2n) is 16.5. The molecule has 14 atom stereocenters. The number of aliphatic hydroxyl groups is 1. The lowest BCUT2D eigenvalue weighted by Gasteiger charge is -2.64. The average molecular weight is 529 g/mol. The third-order valence-electron chi connectivity index (χ3n) is 14.8. The molecule has 6 heteroatoms. The number of fused-ring (bicyclic) bond motifs is 6. The molecule has 3 spiro atoms. The fourth-order valence-electron chi connectivity index (χ4n) is 13.4. The van der Waals surface area contributed by atoms with E-state index >= 15 is 0 Å². The van der Waals surface area contributed by atoms with E-state index in [-0.39, 0.29) is 46.4 Å². The summed E-state index contributed by atoms with van der Waals surface area (Å²) in [6, 6.07) is 0. The van der Waals surface area contributed by atoms with E-state index in [9.17, 15) is 9.90 Å². The number of carbonyl (C=O) groups is 1. The van der Waals surface area contributed by atoms with Crippen LogP contribution in [0.25, 0.3) is 0 Å². The van der Waals surface area contributed by atoms with Crippen molar-refractivity contribution in [2.24, 2.45) is 50.7 Å². The third-order valence-corrected chi connectivity index (χ3v) is 14.8. The predicted molar refractivity (Wildman–Crippen MR) is 140 cm³/mol. The highest BCUT2D eigenvalue weighted by molar-refractivity contribution is 5.66. The van der Waals surface area contributed by atoms with E-state index < -0.39 is 17.7 Å². The van der Waals surface area contributed by atoms with E-state index in [0.717, 1.165) is 18.8 Å². The minimum atomic E-state index is -0.945. The van der Waals surface area contributed by atoms with Gasteiger partial charge in [-0.1, -0.05) is 41.0 Å². The molecule has 0 aromatic heterocycles. The van der Waals surface area contributed by atoms with Crippen molar-refractivity contribution in [1.29, 1.82) is 0 Å². The van der Waals surface area contributed by atoms with Crippen molar-refractivity contribution in [2.45, 2.75) is 142 Å². The lowest BCUT2D eigenvalue weighted by atomic mass is 9.41. The first-order chi connectivity index (χ1) is 17.7. The van der Waals surface area contributed by atoms with Crippen molar-refractivity contribution in [1.82, 2.24) is 0 Å². The van der Waals surface area contributed by atoms with Gasteiger partial charge in [0.25, 0.3) is 0 Å². The Labute approximate surface area is 227 Å². The first-order valence-corrected chi connectivity index (χ1v) is 15.6. The summed E-state index contributed by atoms with van der Waals surface area (Å²) >= 11 is 0. The number of ether oxygens (including phenoxy) is 4. The SMILES string of the molecule is CC(=O)O[C@@H]1CC23C[C@@]24CCCC(C)(C)C4CC[C@H]3[C@]2(C)C[C@H]3OC4(C[C@@H](C)[C@@H]3[C@@]12C)O[C@H](O)C1(C)OC41. The van der Waals surface area contributed by atoms with Gasteiger partial charge in [-0.3, -0.25) is 4.79 Å². The highest BCUT2D eigenvalue weighted by atomic mass is 16.8. The lowest BCUT2D eigenvalue weighted by Crippen LogP contribution is -2.63. The van der Waals surface area contributed by atoms with E-state index in [1.54, 1.807) is 6.92 Å². The van der Waals surface area contributed by atoms with Crippen LogP contribution in [-0.4, -0.2) is 47.1 Å². The van der Waals surface area contributed by atoms with Crippen LogP contribution in [0.2, 0.25) is 0 Å². The van der Waals surface area contributed by atoms with Crippen LogP contribution in [0.15, 0.2) is 0 Å². The summed E-state index contributed by atoms with van der Waals surface area (Å²) < 4.78 is 25.6. The Hall–Kier alpha value is -0.690. The van der Waals surface area contributed by atoms with Gasteiger partial charge in [0, 0.05) is 18.8 Å². The van der Waals surface area contributed by atoms with Crippen molar-refractivity contribution >= 4 is 5.97 Å². The Bertz CT molecular complexity index is 1110. The Morgan fingerprint density at radius 2 is 1.66 bits per heavy atom. The molecule has 5 aliphatic carbocycles. The van der Waals surface area contributed by atoms with Crippen molar-refractivity contribution in [2.75, 3.05) is 0 Å². The van der Waals surface area contributed by atoms with Crippen LogP contribution in [0, 0.1) is 50.7 Å². The zero-order valence-corrected chi connectivity index (χ0v) is 24.5. The van der Waals surface area contributed by atoms with Gasteiger partial charge in [-0.25, -0.2) is 0 Å². The molecule has 0 aromatic carbocycles. The maximum atomic E-state index is 12.7. The summed E-state index contributed by atoms with van der Waals surface area (Å²) in [6.07, 6.45) is 9.44. The molecule has 3 aliphatic heterocycles. The van der Waals surface area contributed by atoms with Crippen molar-refractivity contribution in [3.8, 4) is 0 Å². The van der Waals surface area contributed by atoms with Crippen LogP contribution in [0.5, 0.6) is 0 Å². The molecule has 5 unspecified atom stereocenters. The van der Waals surface area contributed by atoms with Gasteiger partial charge in [-0.15, -0.1) is 0 Å². The van der Waals surface area contributed by atoms with Crippen LogP contribution in [0.3, 0.4) is 0 Å². The largest absolute Gasteiger partial charge is 0.462 e. The fourth-order valence-corrected chi connectivity index (χ4v) is 13.4. The minimum Gasteiger partial charge on any atom is -0.462 e. The summed E-state index contributed by atoms with van der Waals surface area (Å²) in [5, 5.41) is 10.7. The third kappa shape index (κ3) is 2.52. The monoisotopic (exact) mass is 528 g/mol. The molecular weight excluding hydrogens is 480 g/mol. The first-order valence-electron chi connectivity index (χ1n) is 15.6. The lowest BCUT2D eigenvalue weighted by molar-refractivity contribution is -0.346. The molecule has 3 saturated heterocycles. The second kappa shape index (κ2) is 6.85. The Morgan fingerprint density at radius 1 is 0.921 bits per heavy atom. The Balaban J connectivity index is 1.21. The Morgan fingerprint density at radius 3 is 2.32 bits per heavy atom. The summed E-state index contributed by atoms with van der Waals surface area (Å²) in [4.78, 5) is 12.7. The van der Waals surface area contributed by atoms with Crippen molar-refractivity contribution in [3.05, 3.63) is 0 Å². The normalized spacial score (nSPS) is 64.5. The molecule has 5 saturated carbocycles. The molecule has 212 valence electrons. The fraction of sp³-hybridized carbons (Fsp3) is 0.969. The number of epoxide rings is 1. The molecule has 3 heterocycles. The van der Waals surface area contributed by atoms with E-state index in [1.165, 1.54) is 38.5 Å². The van der Waals surface area contributed by atoms with E-state index in [2.05, 4.69) is 34.6 Å². The summed E-state index contributed by atoms with van der Waals surface area (Å²) in [7, 11) is 0.